The van der Waals surface area contributed by atoms with Crippen LogP contribution in [0.2, 0.25) is 0 Å². The van der Waals surface area contributed by atoms with Crippen LogP contribution in [0.3, 0.4) is 0 Å². The molecule has 0 saturated heterocycles. The molecule has 0 amide bonds. The molecular weight excluding hydrogens is 405 g/mol. The minimum atomic E-state index is -5.48. The number of phosphoric acid groups is 3. The van der Waals surface area contributed by atoms with E-state index in [0.29, 0.717) is 0 Å². The largest absolute Gasteiger partial charge is 0.470 e. The van der Waals surface area contributed by atoms with Gasteiger partial charge in [0.2, 0.25) is 0 Å². The van der Waals surface area contributed by atoms with Gasteiger partial charge in [0, 0.05) is 0 Å². The van der Waals surface area contributed by atoms with Crippen molar-refractivity contribution in [1.29, 1.82) is 0 Å². The van der Waals surface area contributed by atoms with Crippen LogP contribution in [-0.4, -0.2) is 81.3 Å². The van der Waals surface area contributed by atoms with Gasteiger partial charge in [-0.05, 0) is 0 Å². The molecular formula is C6H15O15P3. The molecule has 0 aromatic carbocycles. The number of hydrogen-bond donors (Lipinski definition) is 9. The zero-order chi connectivity index (χ0) is 19.1. The van der Waals surface area contributed by atoms with Gasteiger partial charge in [0.25, 0.3) is 0 Å². The van der Waals surface area contributed by atoms with Gasteiger partial charge < -0.3 is 44.7 Å². The molecule has 0 heterocycles. The molecule has 0 radical (unpaired) electrons. The van der Waals surface area contributed by atoms with Gasteiger partial charge in [-0.25, -0.2) is 13.7 Å². The number of rotatable bonds is 6. The summed E-state index contributed by atoms with van der Waals surface area (Å²) in [6, 6.07) is 0. The molecule has 1 aliphatic carbocycles. The number of aliphatic hydroxyl groups excluding tert-OH is 3. The first kappa shape index (κ1) is 22.3. The van der Waals surface area contributed by atoms with Crippen molar-refractivity contribution >= 4 is 23.5 Å². The zero-order valence-electron chi connectivity index (χ0n) is 11.3. The molecule has 15 nitrogen and oxygen atoms in total. The lowest BCUT2D eigenvalue weighted by Crippen LogP contribution is -2.65. The summed E-state index contributed by atoms with van der Waals surface area (Å²) in [6.45, 7) is 0. The van der Waals surface area contributed by atoms with Crippen molar-refractivity contribution in [2.24, 2.45) is 0 Å². The van der Waals surface area contributed by atoms with Crippen LogP contribution in [0.25, 0.3) is 0 Å². The standard InChI is InChI=1S/C6H15O15P3/c7-1-2(8)4(19-22(10,11)12)6(21-24(16,17)18)5(3(1)9)20-23(13,14)15/h1-9H,(H2,10,11,12)(H2,13,14,15)(H2,16,17,18)/t1?,2-,3-,4+,5+,6?/m1/s1. The van der Waals surface area contributed by atoms with E-state index in [9.17, 15) is 29.0 Å². The number of phosphoric ester groups is 3. The van der Waals surface area contributed by atoms with Gasteiger partial charge in [-0.1, -0.05) is 0 Å². The average Bonchev–Trinajstić information content (AvgIpc) is 2.32. The minimum Gasteiger partial charge on any atom is -0.387 e. The molecule has 0 aliphatic heterocycles. The van der Waals surface area contributed by atoms with Gasteiger partial charge in [0.1, 0.15) is 36.6 Å². The first-order valence-electron chi connectivity index (χ1n) is 5.78. The van der Waals surface area contributed by atoms with Crippen molar-refractivity contribution in [1.82, 2.24) is 0 Å². The topological polar surface area (TPSA) is 261 Å². The van der Waals surface area contributed by atoms with Gasteiger partial charge in [0.15, 0.2) is 0 Å². The van der Waals surface area contributed by atoms with Crippen molar-refractivity contribution < 1.29 is 71.9 Å². The number of aliphatic hydroxyl groups is 3. The van der Waals surface area contributed by atoms with Gasteiger partial charge in [-0.15, -0.1) is 0 Å². The van der Waals surface area contributed by atoms with Gasteiger partial charge in [-0.2, -0.15) is 0 Å². The Labute approximate surface area is 133 Å². The molecule has 0 unspecified atom stereocenters. The van der Waals surface area contributed by atoms with Crippen LogP contribution >= 0.6 is 23.5 Å². The van der Waals surface area contributed by atoms with Crippen LogP contribution in [0.1, 0.15) is 0 Å². The highest BCUT2D eigenvalue weighted by atomic mass is 31.2. The van der Waals surface area contributed by atoms with Crippen LogP contribution in [0, 0.1) is 0 Å². The Morgan fingerprint density at radius 3 is 1.00 bits per heavy atom. The molecule has 18 heteroatoms. The Bertz CT molecular complexity index is 536. The Morgan fingerprint density at radius 2 is 0.750 bits per heavy atom. The van der Waals surface area contributed by atoms with Crippen LogP contribution in [0.5, 0.6) is 0 Å². The average molecular weight is 420 g/mol. The highest BCUT2D eigenvalue weighted by Crippen LogP contribution is 2.50. The second-order valence-electron chi connectivity index (χ2n) is 4.65. The van der Waals surface area contributed by atoms with Crippen molar-refractivity contribution in [3.8, 4) is 0 Å². The molecule has 0 aromatic heterocycles. The van der Waals surface area contributed by atoms with E-state index < -0.39 is 60.1 Å². The van der Waals surface area contributed by atoms with Gasteiger partial charge >= 0.3 is 23.5 Å². The van der Waals surface area contributed by atoms with Crippen molar-refractivity contribution in [2.45, 2.75) is 36.6 Å². The molecule has 1 aliphatic rings. The summed E-state index contributed by atoms with van der Waals surface area (Å²) >= 11 is 0. The van der Waals surface area contributed by atoms with E-state index in [-0.39, 0.29) is 0 Å². The summed E-state index contributed by atoms with van der Waals surface area (Å²) in [5, 5.41) is 29.0. The third kappa shape index (κ3) is 6.50. The van der Waals surface area contributed by atoms with E-state index in [4.69, 9.17) is 29.4 Å². The lowest BCUT2D eigenvalue weighted by molar-refractivity contribution is -0.212. The van der Waals surface area contributed by atoms with E-state index in [1.54, 1.807) is 0 Å². The van der Waals surface area contributed by atoms with Crippen LogP contribution < -0.4 is 0 Å². The molecule has 24 heavy (non-hydrogen) atoms. The van der Waals surface area contributed by atoms with Crippen LogP contribution in [-0.2, 0) is 27.3 Å². The molecule has 0 bridgehead atoms. The zero-order valence-corrected chi connectivity index (χ0v) is 14.0. The first-order chi connectivity index (χ1) is 10.5. The first-order valence-corrected chi connectivity index (χ1v) is 10.4. The van der Waals surface area contributed by atoms with Crippen molar-refractivity contribution in [3.05, 3.63) is 0 Å². The monoisotopic (exact) mass is 420 g/mol. The molecule has 0 aromatic rings. The Hall–Kier alpha value is 0.210. The third-order valence-electron chi connectivity index (χ3n) is 2.80. The van der Waals surface area contributed by atoms with Gasteiger partial charge in [0.05, 0.1) is 0 Å². The number of hydrogen-bond acceptors (Lipinski definition) is 9. The predicted octanol–water partition coefficient (Wildman–Crippen LogP) is -3.48. The molecule has 1 rings (SSSR count). The summed E-state index contributed by atoms with van der Waals surface area (Å²) in [6.07, 6.45) is -14.3. The lowest BCUT2D eigenvalue weighted by atomic mass is 9.85. The lowest BCUT2D eigenvalue weighted by Gasteiger charge is -2.44. The highest BCUT2D eigenvalue weighted by Gasteiger charge is 2.56. The van der Waals surface area contributed by atoms with E-state index in [2.05, 4.69) is 13.6 Å². The molecule has 1 fully saturated rings. The van der Waals surface area contributed by atoms with Crippen molar-refractivity contribution in [3.63, 3.8) is 0 Å². The maximum absolute atomic E-state index is 11.0. The summed E-state index contributed by atoms with van der Waals surface area (Å²) in [7, 11) is -16.3. The third-order valence-corrected chi connectivity index (χ3v) is 4.35. The normalized spacial score (nSPS) is 35.9. The SMILES string of the molecule is O=P(O)(O)OC1[C@@H](OP(=O)(O)O)[C@H](O)C(O)[C@@H](O)[C@@H]1OP(=O)(O)O. The van der Waals surface area contributed by atoms with Crippen molar-refractivity contribution in [2.75, 3.05) is 0 Å². The quantitative estimate of drug-likeness (QED) is 0.189. The van der Waals surface area contributed by atoms with E-state index in [1.807, 2.05) is 0 Å². The van der Waals surface area contributed by atoms with Crippen LogP contribution in [0.4, 0.5) is 0 Å². The van der Waals surface area contributed by atoms with E-state index in [1.165, 1.54) is 0 Å². The fourth-order valence-electron chi connectivity index (χ4n) is 2.01. The summed E-state index contributed by atoms with van der Waals surface area (Å²) in [5.41, 5.74) is 0. The summed E-state index contributed by atoms with van der Waals surface area (Å²) in [4.78, 5) is 52.7. The Kier molecular flexibility index (Phi) is 6.90. The fraction of sp³-hybridized carbons (Fsp3) is 1.00. The van der Waals surface area contributed by atoms with Gasteiger partial charge in [-0.3, -0.25) is 13.6 Å². The minimum absolute atomic E-state index is 2.31. The summed E-state index contributed by atoms with van der Waals surface area (Å²) in [5.74, 6) is 0. The Balaban J connectivity index is 3.32. The fourth-order valence-corrected chi connectivity index (χ4v) is 3.69. The van der Waals surface area contributed by atoms with Crippen LogP contribution in [0.15, 0.2) is 0 Å². The Morgan fingerprint density at radius 1 is 0.500 bits per heavy atom. The molecule has 4 atom stereocenters. The summed E-state index contributed by atoms with van der Waals surface area (Å²) < 4.78 is 45.0. The molecule has 9 N–H and O–H groups in total. The predicted molar refractivity (Wildman–Crippen MR) is 68.8 cm³/mol. The second-order valence-corrected chi connectivity index (χ2v) is 8.23. The highest BCUT2D eigenvalue weighted by molar-refractivity contribution is 7.47. The smallest absolute Gasteiger partial charge is 0.387 e. The maximum Gasteiger partial charge on any atom is 0.470 e. The molecule has 0 spiro atoms. The van der Waals surface area contributed by atoms with E-state index in [0.717, 1.165) is 0 Å². The molecule has 144 valence electrons. The maximum atomic E-state index is 11.0. The molecule has 1 saturated carbocycles. The van der Waals surface area contributed by atoms with E-state index >= 15 is 0 Å². The second kappa shape index (κ2) is 7.45.